The maximum Gasteiger partial charge on any atom is 0.369 e. The molecule has 0 heterocycles. The van der Waals surface area contributed by atoms with Crippen LogP contribution in [0.5, 0.6) is 0 Å². The van der Waals surface area contributed by atoms with Gasteiger partial charge in [-0.1, -0.05) is 17.5 Å². The van der Waals surface area contributed by atoms with Crippen molar-refractivity contribution in [3.63, 3.8) is 0 Å². The van der Waals surface area contributed by atoms with Crippen molar-refractivity contribution in [3.05, 3.63) is 0 Å². The maximum atomic E-state index is 5.26. The molecule has 0 aliphatic rings. The average molecular weight is 184 g/mol. The molecule has 0 aliphatic heterocycles. The Bertz CT molecular complexity index is 158. The molecule has 0 rings (SSSR count). The number of rotatable bonds is 4. The van der Waals surface area contributed by atoms with E-state index in [-0.39, 0.29) is 6.29 Å². The first-order valence-corrected chi connectivity index (χ1v) is 7.27. The second-order valence-corrected chi connectivity index (χ2v) is 5.41. The molecule has 0 aliphatic carbocycles. The van der Waals surface area contributed by atoms with Crippen LogP contribution in [0, 0.1) is 10.7 Å². The first kappa shape index (κ1) is 12.0. The molecule has 12 heavy (non-hydrogen) atoms. The highest BCUT2D eigenvalue weighted by atomic mass is 27.2. The second kappa shape index (κ2) is 7.65. The van der Waals surface area contributed by atoms with Crippen molar-refractivity contribution in [2.24, 2.45) is 0 Å². The molecule has 0 bridgehead atoms. The zero-order valence-electron chi connectivity index (χ0n) is 8.39. The monoisotopic (exact) mass is 184 g/mol. The summed E-state index contributed by atoms with van der Waals surface area (Å²) < 4.78 is 10.4. The Morgan fingerprint density at radius 2 is 2.00 bits per heavy atom. The van der Waals surface area contributed by atoms with E-state index in [0.29, 0.717) is 13.2 Å². The van der Waals surface area contributed by atoms with Gasteiger partial charge in [0.05, 0.1) is 0 Å². The molecular formula is C9H17AlO2. The molecule has 0 radical (unpaired) electrons. The lowest BCUT2D eigenvalue weighted by molar-refractivity contribution is -0.117. The predicted octanol–water partition coefficient (Wildman–Crippen LogP) is 1.68. The lowest BCUT2D eigenvalue weighted by Gasteiger charge is -2.09. The molecule has 1 atom stereocenters. The number of hydrogen-bond donors (Lipinski definition) is 0. The normalized spacial score (nSPS) is 11.7. The van der Waals surface area contributed by atoms with Gasteiger partial charge in [0.25, 0.3) is 0 Å². The average Bonchev–Trinajstić information content (AvgIpc) is 1.98. The first-order chi connectivity index (χ1) is 5.66. The van der Waals surface area contributed by atoms with Crippen molar-refractivity contribution < 1.29 is 9.47 Å². The lowest BCUT2D eigenvalue weighted by atomic mass is 10.7. The highest BCUT2D eigenvalue weighted by molar-refractivity contribution is 6.64. The van der Waals surface area contributed by atoms with Gasteiger partial charge >= 0.3 is 14.1 Å². The topological polar surface area (TPSA) is 18.5 Å². The Kier molecular flexibility index (Phi) is 7.66. The lowest BCUT2D eigenvalue weighted by Crippen LogP contribution is -2.12. The molecule has 0 spiro atoms. The molecule has 2 nitrogen and oxygen atoms in total. The van der Waals surface area contributed by atoms with E-state index >= 15 is 0 Å². The predicted molar refractivity (Wildman–Crippen MR) is 52.3 cm³/mol. The first-order valence-electron chi connectivity index (χ1n) is 4.38. The SMILES string of the molecule is CCOC(C)OCC#[C][Al]([CH3])[CH3]. The van der Waals surface area contributed by atoms with Gasteiger partial charge in [0, 0.05) is 6.61 Å². The molecule has 0 aromatic carbocycles. The van der Waals surface area contributed by atoms with Crippen LogP contribution >= 0.6 is 0 Å². The Morgan fingerprint density at radius 1 is 1.33 bits per heavy atom. The minimum atomic E-state index is -0.732. The van der Waals surface area contributed by atoms with Crippen LogP contribution < -0.4 is 0 Å². The van der Waals surface area contributed by atoms with E-state index in [1.54, 1.807) is 0 Å². The van der Waals surface area contributed by atoms with Gasteiger partial charge in [0.15, 0.2) is 6.29 Å². The van der Waals surface area contributed by atoms with Crippen LogP contribution in [0.3, 0.4) is 0 Å². The van der Waals surface area contributed by atoms with E-state index in [2.05, 4.69) is 22.3 Å². The fraction of sp³-hybridized carbons (Fsp3) is 0.778. The highest BCUT2D eigenvalue weighted by Crippen LogP contribution is 1.91. The van der Waals surface area contributed by atoms with Crippen LogP contribution in [0.1, 0.15) is 13.8 Å². The Morgan fingerprint density at radius 3 is 2.50 bits per heavy atom. The quantitative estimate of drug-likeness (QED) is 0.376. The third kappa shape index (κ3) is 8.11. The molecule has 0 aromatic rings. The van der Waals surface area contributed by atoms with Crippen LogP contribution in [-0.4, -0.2) is 33.7 Å². The second-order valence-electron chi connectivity index (χ2n) is 2.81. The smallest absolute Gasteiger partial charge is 0.353 e. The van der Waals surface area contributed by atoms with Gasteiger partial charge in [-0.2, -0.15) is 0 Å². The van der Waals surface area contributed by atoms with E-state index < -0.39 is 14.1 Å². The van der Waals surface area contributed by atoms with E-state index in [9.17, 15) is 0 Å². The van der Waals surface area contributed by atoms with Crippen molar-refractivity contribution >= 4 is 14.1 Å². The highest BCUT2D eigenvalue weighted by Gasteiger charge is 1.97. The third-order valence-electron chi connectivity index (χ3n) is 1.18. The Balaban J connectivity index is 3.38. The van der Waals surface area contributed by atoms with Crippen LogP contribution in [0.25, 0.3) is 0 Å². The summed E-state index contributed by atoms with van der Waals surface area (Å²) in [6, 6.07) is 0. The summed E-state index contributed by atoms with van der Waals surface area (Å²) in [6.07, 6.45) is -0.127. The van der Waals surface area contributed by atoms with Crippen LogP contribution in [-0.2, 0) is 9.47 Å². The van der Waals surface area contributed by atoms with Crippen LogP contribution in [0.4, 0.5) is 0 Å². The maximum absolute atomic E-state index is 5.26. The summed E-state index contributed by atoms with van der Waals surface area (Å²) in [5, 5.41) is 0. The number of ether oxygens (including phenoxy) is 2. The van der Waals surface area contributed by atoms with Gasteiger partial charge in [-0.25, -0.2) is 4.78 Å². The molecule has 3 heteroatoms. The van der Waals surface area contributed by atoms with Gasteiger partial charge < -0.3 is 9.47 Å². The fourth-order valence-electron chi connectivity index (χ4n) is 0.688. The van der Waals surface area contributed by atoms with E-state index in [0.717, 1.165) is 0 Å². The van der Waals surface area contributed by atoms with Gasteiger partial charge in [0.1, 0.15) is 6.61 Å². The van der Waals surface area contributed by atoms with Crippen LogP contribution in [0.2, 0.25) is 11.6 Å². The van der Waals surface area contributed by atoms with Gasteiger partial charge in [-0.3, -0.25) is 0 Å². The summed E-state index contributed by atoms with van der Waals surface area (Å²) in [5.41, 5.74) is 0. The Hall–Kier alpha value is 0.0125. The molecule has 0 amide bonds. The third-order valence-corrected chi connectivity index (χ3v) is 1.96. The Labute approximate surface area is 79.6 Å². The summed E-state index contributed by atoms with van der Waals surface area (Å²) in [4.78, 5) is 3.15. The van der Waals surface area contributed by atoms with Crippen molar-refractivity contribution in [2.75, 3.05) is 13.2 Å². The molecule has 0 aromatic heterocycles. The largest absolute Gasteiger partial charge is 0.369 e. The zero-order chi connectivity index (χ0) is 9.40. The van der Waals surface area contributed by atoms with Gasteiger partial charge in [-0.15, -0.1) is 0 Å². The molecule has 0 N–H and O–H groups in total. The summed E-state index contributed by atoms with van der Waals surface area (Å²) >= 11 is -0.732. The molecule has 68 valence electrons. The van der Waals surface area contributed by atoms with Crippen molar-refractivity contribution in [1.29, 1.82) is 0 Å². The van der Waals surface area contributed by atoms with Crippen molar-refractivity contribution in [2.45, 2.75) is 31.7 Å². The van der Waals surface area contributed by atoms with Crippen LogP contribution in [0.15, 0.2) is 0 Å². The minimum Gasteiger partial charge on any atom is -0.353 e. The van der Waals surface area contributed by atoms with Crippen molar-refractivity contribution in [1.82, 2.24) is 0 Å². The van der Waals surface area contributed by atoms with E-state index in [4.69, 9.17) is 9.47 Å². The van der Waals surface area contributed by atoms with Crippen molar-refractivity contribution in [3.8, 4) is 10.7 Å². The van der Waals surface area contributed by atoms with Gasteiger partial charge in [-0.05, 0) is 13.8 Å². The van der Waals surface area contributed by atoms with E-state index in [1.165, 1.54) is 0 Å². The zero-order valence-corrected chi connectivity index (χ0v) is 9.54. The summed E-state index contributed by atoms with van der Waals surface area (Å²) in [5.74, 6) is 7.37. The molecule has 0 fully saturated rings. The fourth-order valence-corrected chi connectivity index (χ4v) is 1.18. The summed E-state index contributed by atoms with van der Waals surface area (Å²) in [7, 11) is 0. The minimum absolute atomic E-state index is 0.127. The summed E-state index contributed by atoms with van der Waals surface area (Å²) in [6.45, 7) is 5.02. The molecule has 0 saturated heterocycles. The molecule has 0 saturated carbocycles. The van der Waals surface area contributed by atoms with Gasteiger partial charge in [0.2, 0.25) is 0 Å². The standard InChI is InChI=1S/C7H11O2.2CH3.Al/c1-4-6-9-7(3)8-5-2;;;/h7H,5-6H2,2-3H3;2*1H3;. The molecular weight excluding hydrogens is 167 g/mol. The number of hydrogen-bond acceptors (Lipinski definition) is 2. The van der Waals surface area contributed by atoms with E-state index in [1.807, 2.05) is 13.8 Å². The molecule has 1 unspecified atom stereocenters.